The van der Waals surface area contributed by atoms with E-state index in [0.717, 1.165) is 5.69 Å². The van der Waals surface area contributed by atoms with Crippen molar-refractivity contribution in [1.82, 2.24) is 0 Å². The maximum atomic E-state index is 13.6. The molecule has 0 aliphatic heterocycles. The van der Waals surface area contributed by atoms with E-state index in [9.17, 15) is 14.0 Å². The molecule has 0 saturated carbocycles. The molecule has 24 heavy (non-hydrogen) atoms. The summed E-state index contributed by atoms with van der Waals surface area (Å²) in [6, 6.07) is 11.1. The maximum absolute atomic E-state index is 13.6. The van der Waals surface area contributed by atoms with Crippen LogP contribution in [0, 0.1) is 5.82 Å². The fourth-order valence-electron chi connectivity index (χ4n) is 1.90. The summed E-state index contributed by atoms with van der Waals surface area (Å²) in [7, 11) is 3.70. The van der Waals surface area contributed by atoms with Gasteiger partial charge >= 0.3 is 5.97 Å². The third-order valence-electron chi connectivity index (χ3n) is 3.14. The molecule has 0 aliphatic carbocycles. The van der Waals surface area contributed by atoms with Crippen LogP contribution in [0.1, 0.15) is 10.4 Å². The zero-order valence-corrected chi connectivity index (χ0v) is 14.8. The smallest absolute Gasteiger partial charge is 0.338 e. The lowest BCUT2D eigenvalue weighted by molar-refractivity contribution is -0.119. The highest BCUT2D eigenvalue weighted by Gasteiger charge is 2.13. The first-order valence-electron chi connectivity index (χ1n) is 7.06. The van der Waals surface area contributed by atoms with Gasteiger partial charge in [0.05, 0.1) is 11.3 Å². The Kier molecular flexibility index (Phi) is 5.92. The lowest BCUT2D eigenvalue weighted by Gasteiger charge is -2.13. The van der Waals surface area contributed by atoms with Crippen molar-refractivity contribution in [1.29, 1.82) is 0 Å². The van der Waals surface area contributed by atoms with Gasteiger partial charge in [-0.3, -0.25) is 4.79 Å². The predicted molar refractivity (Wildman–Crippen MR) is 93.8 cm³/mol. The van der Waals surface area contributed by atoms with E-state index in [1.54, 1.807) is 24.3 Å². The SMILES string of the molecule is CN(C)c1cccc(C(=O)OCC(=O)Nc2ccc(Br)cc2F)c1. The summed E-state index contributed by atoms with van der Waals surface area (Å²) in [4.78, 5) is 25.6. The average molecular weight is 395 g/mol. The van der Waals surface area contributed by atoms with Crippen LogP contribution < -0.4 is 10.2 Å². The van der Waals surface area contributed by atoms with E-state index in [0.29, 0.717) is 10.0 Å². The van der Waals surface area contributed by atoms with Gasteiger partial charge < -0.3 is 15.0 Å². The number of carbonyl (C=O) groups excluding carboxylic acids is 2. The van der Waals surface area contributed by atoms with Crippen LogP contribution in [0.25, 0.3) is 0 Å². The molecule has 2 aromatic carbocycles. The van der Waals surface area contributed by atoms with Gasteiger partial charge in [-0.1, -0.05) is 22.0 Å². The molecule has 0 aromatic heterocycles. The van der Waals surface area contributed by atoms with Gasteiger partial charge in [0, 0.05) is 24.3 Å². The van der Waals surface area contributed by atoms with Crippen LogP contribution >= 0.6 is 15.9 Å². The summed E-state index contributed by atoms with van der Waals surface area (Å²) in [5.74, 6) is -1.82. The second-order valence-electron chi connectivity index (χ2n) is 5.19. The summed E-state index contributed by atoms with van der Waals surface area (Å²) < 4.78 is 19.2. The molecule has 2 rings (SSSR count). The molecule has 0 unspecified atom stereocenters. The topological polar surface area (TPSA) is 58.6 Å². The Bertz CT molecular complexity index is 765. The molecule has 0 spiro atoms. The van der Waals surface area contributed by atoms with Crippen molar-refractivity contribution in [3.8, 4) is 0 Å². The van der Waals surface area contributed by atoms with Gasteiger partial charge in [-0.05, 0) is 36.4 Å². The third-order valence-corrected chi connectivity index (χ3v) is 3.63. The van der Waals surface area contributed by atoms with Gasteiger partial charge in [-0.15, -0.1) is 0 Å². The van der Waals surface area contributed by atoms with E-state index in [-0.39, 0.29) is 5.69 Å². The van der Waals surface area contributed by atoms with E-state index in [4.69, 9.17) is 4.74 Å². The standard InChI is InChI=1S/C17H16BrFN2O3/c1-21(2)13-5-3-4-11(8-13)17(23)24-10-16(22)20-15-7-6-12(18)9-14(15)19/h3-9H,10H2,1-2H3,(H,20,22). The maximum Gasteiger partial charge on any atom is 0.338 e. The molecule has 0 heterocycles. The summed E-state index contributed by atoms with van der Waals surface area (Å²) >= 11 is 3.13. The van der Waals surface area contributed by atoms with Crippen molar-refractivity contribution >= 4 is 39.2 Å². The van der Waals surface area contributed by atoms with E-state index in [2.05, 4.69) is 21.2 Å². The molecule has 126 valence electrons. The van der Waals surface area contributed by atoms with Crippen LogP contribution in [0.2, 0.25) is 0 Å². The van der Waals surface area contributed by atoms with Crippen molar-refractivity contribution in [2.45, 2.75) is 0 Å². The number of amides is 1. The van der Waals surface area contributed by atoms with Crippen molar-refractivity contribution in [3.63, 3.8) is 0 Å². The Labute approximate surface area is 147 Å². The van der Waals surface area contributed by atoms with Gasteiger partial charge in [0.1, 0.15) is 5.82 Å². The number of hydrogen-bond acceptors (Lipinski definition) is 4. The quantitative estimate of drug-likeness (QED) is 0.788. The number of nitrogens with zero attached hydrogens (tertiary/aromatic N) is 1. The van der Waals surface area contributed by atoms with Crippen molar-refractivity contribution in [3.05, 3.63) is 58.3 Å². The lowest BCUT2D eigenvalue weighted by atomic mass is 10.2. The minimum absolute atomic E-state index is 0.0221. The zero-order valence-electron chi connectivity index (χ0n) is 13.2. The number of benzene rings is 2. The number of carbonyl (C=O) groups is 2. The molecular formula is C17H16BrFN2O3. The van der Waals surface area contributed by atoms with Crippen LogP contribution in [0.3, 0.4) is 0 Å². The van der Waals surface area contributed by atoms with Crippen molar-refractivity contribution in [2.24, 2.45) is 0 Å². The zero-order chi connectivity index (χ0) is 17.7. The highest BCUT2D eigenvalue weighted by Crippen LogP contribution is 2.19. The second-order valence-corrected chi connectivity index (χ2v) is 6.11. The van der Waals surface area contributed by atoms with Gasteiger partial charge in [0.15, 0.2) is 6.61 Å². The largest absolute Gasteiger partial charge is 0.452 e. The highest BCUT2D eigenvalue weighted by molar-refractivity contribution is 9.10. The third kappa shape index (κ3) is 4.79. The minimum Gasteiger partial charge on any atom is -0.452 e. The molecule has 5 nitrogen and oxygen atoms in total. The number of ether oxygens (including phenoxy) is 1. The first-order valence-corrected chi connectivity index (χ1v) is 7.85. The molecule has 1 amide bonds. The van der Waals surface area contributed by atoms with Crippen LogP contribution in [0.15, 0.2) is 46.9 Å². The summed E-state index contributed by atoms with van der Waals surface area (Å²) in [5.41, 5.74) is 1.20. The van der Waals surface area contributed by atoms with E-state index < -0.39 is 24.3 Å². The molecule has 0 bridgehead atoms. The normalized spacial score (nSPS) is 10.2. The van der Waals surface area contributed by atoms with Gasteiger partial charge in [0.2, 0.25) is 0 Å². The van der Waals surface area contributed by atoms with Crippen LogP contribution in [-0.2, 0) is 9.53 Å². The Morgan fingerprint density at radius 3 is 2.62 bits per heavy atom. The Morgan fingerprint density at radius 2 is 1.96 bits per heavy atom. The molecule has 0 saturated heterocycles. The molecule has 7 heteroatoms. The van der Waals surface area contributed by atoms with Crippen LogP contribution in [0.5, 0.6) is 0 Å². The molecular weight excluding hydrogens is 379 g/mol. The number of rotatable bonds is 5. The number of halogens is 2. The van der Waals surface area contributed by atoms with Gasteiger partial charge in [-0.2, -0.15) is 0 Å². The van der Waals surface area contributed by atoms with Gasteiger partial charge in [0.25, 0.3) is 5.91 Å². The monoisotopic (exact) mass is 394 g/mol. The van der Waals surface area contributed by atoms with E-state index in [1.165, 1.54) is 12.1 Å². The van der Waals surface area contributed by atoms with Gasteiger partial charge in [-0.25, -0.2) is 9.18 Å². The van der Waals surface area contributed by atoms with E-state index in [1.807, 2.05) is 25.1 Å². The Balaban J connectivity index is 1.93. The number of anilines is 2. The van der Waals surface area contributed by atoms with E-state index >= 15 is 0 Å². The molecule has 1 N–H and O–H groups in total. The average Bonchev–Trinajstić information content (AvgIpc) is 2.55. The molecule has 0 atom stereocenters. The number of hydrogen-bond donors (Lipinski definition) is 1. The first-order chi connectivity index (χ1) is 11.4. The fraction of sp³-hybridized carbons (Fsp3) is 0.176. The summed E-state index contributed by atoms with van der Waals surface area (Å²) in [6.45, 7) is -0.499. The highest BCUT2D eigenvalue weighted by atomic mass is 79.9. The Hall–Kier alpha value is -2.41. The second kappa shape index (κ2) is 7.92. The number of nitrogens with one attached hydrogen (secondary N) is 1. The van der Waals surface area contributed by atoms with Crippen molar-refractivity contribution in [2.75, 3.05) is 30.9 Å². The molecule has 0 radical (unpaired) electrons. The lowest BCUT2D eigenvalue weighted by Crippen LogP contribution is -2.21. The minimum atomic E-state index is -0.620. The van der Waals surface area contributed by atoms with Crippen molar-refractivity contribution < 1.29 is 18.7 Å². The van der Waals surface area contributed by atoms with Crippen LogP contribution in [-0.4, -0.2) is 32.6 Å². The number of esters is 1. The predicted octanol–water partition coefficient (Wildman–Crippen LogP) is 3.45. The fourth-order valence-corrected chi connectivity index (χ4v) is 2.24. The Morgan fingerprint density at radius 1 is 1.21 bits per heavy atom. The molecule has 0 fully saturated rings. The first kappa shape index (κ1) is 17.9. The summed E-state index contributed by atoms with van der Waals surface area (Å²) in [5, 5.41) is 2.35. The summed E-state index contributed by atoms with van der Waals surface area (Å²) in [6.07, 6.45) is 0. The molecule has 2 aromatic rings. The van der Waals surface area contributed by atoms with Crippen LogP contribution in [0.4, 0.5) is 15.8 Å². The molecule has 0 aliphatic rings.